The van der Waals surface area contributed by atoms with E-state index < -0.39 is 0 Å². The largest absolute Gasteiger partial charge is 0.791 e. The number of benzene rings is 5. The van der Waals surface area contributed by atoms with Crippen LogP contribution in [0, 0.1) is 0 Å². The van der Waals surface area contributed by atoms with Gasteiger partial charge in [-0.3, -0.25) is 9.59 Å². The minimum atomic E-state index is -0.128. The lowest BCUT2D eigenvalue weighted by molar-refractivity contribution is -0.888. The van der Waals surface area contributed by atoms with Gasteiger partial charge in [0.15, 0.2) is 0 Å². The summed E-state index contributed by atoms with van der Waals surface area (Å²) in [5.41, 5.74) is 9.48. The molecule has 0 aliphatic carbocycles. The maximum atomic E-state index is 12.9. The first kappa shape index (κ1) is 33.4. The molecule has 47 heavy (non-hydrogen) atoms. The molecule has 2 amide bonds. The van der Waals surface area contributed by atoms with Gasteiger partial charge in [-0.15, -0.1) is 0 Å². The lowest BCUT2D eigenvalue weighted by atomic mass is 9.97. The summed E-state index contributed by atoms with van der Waals surface area (Å²) in [6, 6.07) is 39.7. The van der Waals surface area contributed by atoms with Crippen molar-refractivity contribution in [3.05, 3.63) is 144 Å². The van der Waals surface area contributed by atoms with Crippen LogP contribution in [0.4, 0.5) is 11.4 Å². The fourth-order valence-electron chi connectivity index (χ4n) is 5.86. The summed E-state index contributed by atoms with van der Waals surface area (Å²) in [6.07, 6.45) is 0.947. The average molecular weight is 624 g/mol. The molecule has 0 atom stereocenters. The molecule has 1 radical (unpaired) electrons. The number of quaternary nitrogens is 2. The summed E-state index contributed by atoms with van der Waals surface area (Å²) in [7, 11) is 13.1. The number of anilines is 2. The molecule has 0 bridgehead atoms. The van der Waals surface area contributed by atoms with Gasteiger partial charge in [0, 0.05) is 28.1 Å². The number of nitrogens with one attached hydrogen (secondary N) is 2. The zero-order valence-electron chi connectivity index (χ0n) is 28.2. The van der Waals surface area contributed by atoms with Crippen molar-refractivity contribution in [3.63, 3.8) is 0 Å². The topological polar surface area (TPSA) is 58.2 Å². The Morgan fingerprint density at radius 1 is 0.511 bits per heavy atom. The van der Waals surface area contributed by atoms with Gasteiger partial charge in [-0.1, -0.05) is 79.7 Å². The van der Waals surface area contributed by atoms with Crippen molar-refractivity contribution in [3.8, 4) is 22.3 Å². The molecule has 0 spiro atoms. The third-order valence-corrected chi connectivity index (χ3v) is 7.93. The van der Waals surface area contributed by atoms with Crippen LogP contribution in [0.3, 0.4) is 0 Å². The Morgan fingerprint density at radius 3 is 1.19 bits per heavy atom. The van der Waals surface area contributed by atoms with Gasteiger partial charge in [0.1, 0.15) is 0 Å². The average Bonchev–Trinajstić information content (AvgIpc) is 3.04. The van der Waals surface area contributed by atoms with Crippen molar-refractivity contribution < 1.29 is 18.4 Å². The molecule has 6 nitrogen and oxygen atoms in total. The first-order valence-electron chi connectivity index (χ1n) is 16.0. The van der Waals surface area contributed by atoms with Crippen molar-refractivity contribution in [2.75, 3.05) is 45.9 Å². The van der Waals surface area contributed by atoms with Crippen LogP contribution in [-0.4, -0.2) is 63.4 Å². The Morgan fingerprint density at radius 2 is 0.851 bits per heavy atom. The highest BCUT2D eigenvalue weighted by Crippen LogP contribution is 2.27. The van der Waals surface area contributed by atoms with Gasteiger partial charge < -0.3 is 19.4 Å². The predicted molar refractivity (Wildman–Crippen MR) is 195 cm³/mol. The molecular weight excluding hydrogens is 579 g/mol. The molecule has 5 aromatic rings. The van der Waals surface area contributed by atoms with Crippen LogP contribution >= 0.6 is 0 Å². The summed E-state index contributed by atoms with van der Waals surface area (Å²) in [6.45, 7) is 2.94. The number of amides is 2. The quantitative estimate of drug-likeness (QED) is 0.147. The van der Waals surface area contributed by atoms with Gasteiger partial charge in [0.05, 0.1) is 41.8 Å². The second kappa shape index (κ2) is 14.2. The second-order valence-corrected chi connectivity index (χ2v) is 13.6. The van der Waals surface area contributed by atoms with E-state index in [4.69, 9.17) is 0 Å². The molecule has 237 valence electrons. The Labute approximate surface area is 280 Å². The Balaban J connectivity index is 1.15. The van der Waals surface area contributed by atoms with E-state index in [1.807, 2.05) is 97.1 Å². The van der Waals surface area contributed by atoms with Gasteiger partial charge in [-0.25, -0.2) is 0 Å². The first-order chi connectivity index (χ1) is 22.4. The maximum absolute atomic E-state index is 12.9. The fourth-order valence-corrected chi connectivity index (χ4v) is 5.86. The van der Waals surface area contributed by atoms with Crippen LogP contribution in [0.15, 0.2) is 121 Å². The summed E-state index contributed by atoms with van der Waals surface area (Å²) in [4.78, 5) is 25.6. The molecule has 0 heterocycles. The van der Waals surface area contributed by atoms with Gasteiger partial charge in [-0.2, -0.15) is 0 Å². The molecule has 0 fully saturated rings. The van der Waals surface area contributed by atoms with Crippen LogP contribution in [0.2, 0.25) is 0 Å². The Hall–Kier alpha value is -4.98. The Bertz CT molecular complexity index is 1810. The van der Waals surface area contributed by atoms with E-state index >= 15 is 0 Å². The maximum Gasteiger partial charge on any atom is 0.791 e. The lowest BCUT2D eigenvalue weighted by Gasteiger charge is -2.32. The molecular formula is C40H44BN4O2+2. The van der Waals surface area contributed by atoms with E-state index in [0.717, 1.165) is 55.4 Å². The number of rotatable bonds is 11. The van der Waals surface area contributed by atoms with Crippen LogP contribution in [-0.2, 0) is 13.0 Å². The van der Waals surface area contributed by atoms with Crippen LogP contribution in [0.25, 0.3) is 22.3 Å². The standard InChI is InChI=1S/C40H44BN4O2/c1-7-29-8-12-35(13-9-29)39(46)42-37-24-20-33(21-25-37)31-16-18-32(19-17-31)34-22-26-38(27-23-34)43-40(47)36-14-10-30(11-15-36)28-45(5,6)41-44(2,3)4/h8-27H,7,28H2,1-6H3,(H,42,46)(H,43,47)/q+2. The SMILES string of the molecule is CCc1ccc(C(=O)Nc2ccc(-c3ccc(-c4ccc(NC(=O)c5ccc(C[N+](C)(C)[B][N+](C)(C)C)cc5)cc4)cc3)cc2)cc1. The van der Waals surface area contributed by atoms with E-state index in [2.05, 4.69) is 84.6 Å². The number of carbonyl (C=O) groups is 2. The van der Waals surface area contributed by atoms with Gasteiger partial charge in [-0.05, 0) is 82.8 Å². The van der Waals surface area contributed by atoms with Gasteiger partial charge >= 0.3 is 7.55 Å². The predicted octanol–water partition coefficient (Wildman–Crippen LogP) is 7.90. The zero-order chi connectivity index (χ0) is 33.6. The summed E-state index contributed by atoms with van der Waals surface area (Å²) in [5.74, 6) is -0.245. The molecule has 0 aliphatic heterocycles. The van der Waals surface area contributed by atoms with Crippen LogP contribution in [0.1, 0.15) is 38.8 Å². The molecule has 7 heteroatoms. The lowest BCUT2D eigenvalue weighted by Crippen LogP contribution is -2.56. The van der Waals surface area contributed by atoms with Crippen molar-refractivity contribution in [2.24, 2.45) is 0 Å². The van der Waals surface area contributed by atoms with Crippen molar-refractivity contribution in [1.82, 2.24) is 0 Å². The summed E-state index contributed by atoms with van der Waals surface area (Å²) >= 11 is 0. The van der Waals surface area contributed by atoms with Crippen LogP contribution < -0.4 is 10.6 Å². The van der Waals surface area contributed by atoms with E-state index in [1.54, 1.807) is 0 Å². The zero-order valence-corrected chi connectivity index (χ0v) is 28.2. The van der Waals surface area contributed by atoms with E-state index in [1.165, 1.54) is 11.1 Å². The first-order valence-corrected chi connectivity index (χ1v) is 16.0. The van der Waals surface area contributed by atoms with Crippen molar-refractivity contribution in [1.29, 1.82) is 0 Å². The number of carbonyl (C=O) groups excluding carboxylic acids is 2. The van der Waals surface area contributed by atoms with E-state index in [9.17, 15) is 9.59 Å². The van der Waals surface area contributed by atoms with E-state index in [0.29, 0.717) is 11.1 Å². The van der Waals surface area contributed by atoms with Crippen molar-refractivity contribution in [2.45, 2.75) is 19.9 Å². The normalized spacial score (nSPS) is 11.5. The summed E-state index contributed by atoms with van der Waals surface area (Å²) in [5, 5.41) is 6.00. The minimum Gasteiger partial charge on any atom is -0.337 e. The van der Waals surface area contributed by atoms with Gasteiger partial charge in [0.2, 0.25) is 0 Å². The highest BCUT2D eigenvalue weighted by atomic mass is 16.2. The third kappa shape index (κ3) is 9.29. The molecule has 2 N–H and O–H groups in total. The number of hydrogen-bond acceptors (Lipinski definition) is 2. The number of aryl methyl sites for hydroxylation is 1. The molecule has 5 rings (SSSR count). The highest BCUT2D eigenvalue weighted by molar-refractivity contribution is 6.16. The molecule has 0 aliphatic rings. The monoisotopic (exact) mass is 623 g/mol. The number of nitrogens with zero attached hydrogens (tertiary/aromatic N) is 2. The second-order valence-electron chi connectivity index (χ2n) is 13.6. The number of hydrogen-bond donors (Lipinski definition) is 2. The Kier molecular flexibility index (Phi) is 10.1. The fraction of sp³-hybridized carbons (Fsp3) is 0.200. The van der Waals surface area contributed by atoms with Crippen molar-refractivity contribution >= 4 is 30.7 Å². The minimum absolute atomic E-state index is 0.117. The smallest absolute Gasteiger partial charge is 0.337 e. The molecule has 0 unspecified atom stereocenters. The highest BCUT2D eigenvalue weighted by Gasteiger charge is 2.36. The summed E-state index contributed by atoms with van der Waals surface area (Å²) < 4.78 is 1.51. The molecule has 0 saturated carbocycles. The molecule has 0 saturated heterocycles. The third-order valence-electron chi connectivity index (χ3n) is 7.93. The van der Waals surface area contributed by atoms with Crippen LogP contribution in [0.5, 0.6) is 0 Å². The molecule has 0 aromatic heterocycles. The van der Waals surface area contributed by atoms with E-state index in [-0.39, 0.29) is 11.8 Å². The van der Waals surface area contributed by atoms with Gasteiger partial charge in [0.25, 0.3) is 11.8 Å². The molecule has 5 aromatic carbocycles.